The van der Waals surface area contributed by atoms with E-state index in [1.165, 1.54) is 6.92 Å². The zero-order valence-corrected chi connectivity index (χ0v) is 15.8. The molecule has 4 N–H and O–H groups in total. The molecule has 6 nitrogen and oxygen atoms in total. The Balaban J connectivity index is 2.14. The number of thiazole rings is 1. The highest BCUT2D eigenvalue weighted by molar-refractivity contribution is 7.18. The zero-order chi connectivity index (χ0) is 21.3. The zero-order valence-electron chi connectivity index (χ0n) is 15.0. The summed E-state index contributed by atoms with van der Waals surface area (Å²) in [5.41, 5.74) is 10.8. The summed E-state index contributed by atoms with van der Waals surface area (Å²) >= 11 is 0.738. The third-order valence-corrected chi connectivity index (χ3v) is 5.18. The minimum Gasteiger partial charge on any atom is -0.382 e. The van der Waals surface area contributed by atoms with Gasteiger partial charge >= 0.3 is 0 Å². The lowest BCUT2D eigenvalue weighted by Gasteiger charge is -2.27. The molecule has 0 aliphatic carbocycles. The maximum absolute atomic E-state index is 14.4. The summed E-state index contributed by atoms with van der Waals surface area (Å²) in [6, 6.07) is 7.86. The molecule has 2 aromatic carbocycles. The van der Waals surface area contributed by atoms with Gasteiger partial charge in [-0.1, -0.05) is 41.7 Å². The number of aromatic nitrogens is 1. The number of halogens is 3. The number of hydrogen-bond donors (Lipinski definition) is 2. The molecule has 0 saturated carbocycles. The molecule has 0 bridgehead atoms. The SMILES string of the molecule is C[C@H](C(N)=O)N(c1nc(N)c(C(=O)c2ccccc2)s1)c1c(F)cc(F)cc1F. The molecule has 0 saturated heterocycles. The Morgan fingerprint density at radius 3 is 2.24 bits per heavy atom. The summed E-state index contributed by atoms with van der Waals surface area (Å²) in [7, 11) is 0. The molecular weight excluding hydrogens is 405 g/mol. The second-order valence-corrected chi connectivity index (χ2v) is 7.05. The van der Waals surface area contributed by atoms with Crippen LogP contribution in [0.15, 0.2) is 42.5 Å². The molecule has 0 aliphatic rings. The molecule has 150 valence electrons. The smallest absolute Gasteiger partial charge is 0.240 e. The molecule has 1 heterocycles. The van der Waals surface area contributed by atoms with Crippen molar-refractivity contribution in [2.75, 3.05) is 10.6 Å². The van der Waals surface area contributed by atoms with Crippen molar-refractivity contribution in [2.45, 2.75) is 13.0 Å². The van der Waals surface area contributed by atoms with Gasteiger partial charge < -0.3 is 16.4 Å². The molecule has 0 unspecified atom stereocenters. The average Bonchev–Trinajstić information content (AvgIpc) is 3.05. The fourth-order valence-electron chi connectivity index (χ4n) is 2.65. The van der Waals surface area contributed by atoms with E-state index < -0.39 is 40.9 Å². The minimum absolute atomic E-state index is 0.0239. The number of hydrogen-bond acceptors (Lipinski definition) is 6. The number of nitrogens with two attached hydrogens (primary N) is 2. The Labute approximate surface area is 167 Å². The summed E-state index contributed by atoms with van der Waals surface area (Å²) in [6.07, 6.45) is 0. The molecule has 3 rings (SSSR count). The maximum Gasteiger partial charge on any atom is 0.240 e. The number of ketones is 1. The number of nitrogens with zero attached hydrogens (tertiary/aromatic N) is 2. The fraction of sp³-hybridized carbons (Fsp3) is 0.105. The highest BCUT2D eigenvalue weighted by atomic mass is 32.1. The largest absolute Gasteiger partial charge is 0.382 e. The Hall–Kier alpha value is -3.40. The fourth-order valence-corrected chi connectivity index (χ4v) is 3.69. The van der Waals surface area contributed by atoms with Gasteiger partial charge in [0, 0.05) is 17.7 Å². The predicted octanol–water partition coefficient (Wildman–Crippen LogP) is 3.39. The summed E-state index contributed by atoms with van der Waals surface area (Å²) < 4.78 is 42.1. The molecule has 0 radical (unpaired) electrons. The predicted molar refractivity (Wildman–Crippen MR) is 104 cm³/mol. The molecule has 1 amide bonds. The molecule has 3 aromatic rings. The second kappa shape index (κ2) is 7.92. The lowest BCUT2D eigenvalue weighted by Crippen LogP contribution is -2.40. The molecule has 10 heteroatoms. The number of nitrogen functional groups attached to an aromatic ring is 1. The minimum atomic E-state index is -1.27. The van der Waals surface area contributed by atoms with Crippen LogP contribution in [0.4, 0.5) is 29.8 Å². The van der Waals surface area contributed by atoms with Crippen LogP contribution in [0, 0.1) is 17.5 Å². The third-order valence-electron chi connectivity index (χ3n) is 4.11. The molecule has 1 atom stereocenters. The second-order valence-electron chi connectivity index (χ2n) is 6.07. The Morgan fingerprint density at radius 1 is 1.10 bits per heavy atom. The number of anilines is 3. The van der Waals surface area contributed by atoms with Crippen molar-refractivity contribution in [3.8, 4) is 0 Å². The van der Waals surface area contributed by atoms with Crippen LogP contribution in [0.5, 0.6) is 0 Å². The van der Waals surface area contributed by atoms with Gasteiger partial charge in [-0.3, -0.25) is 9.59 Å². The van der Waals surface area contributed by atoms with Crippen molar-refractivity contribution in [3.05, 3.63) is 70.4 Å². The maximum atomic E-state index is 14.4. The molecule has 1 aromatic heterocycles. The van der Waals surface area contributed by atoms with E-state index in [1.54, 1.807) is 30.3 Å². The molecule has 29 heavy (non-hydrogen) atoms. The first-order valence-electron chi connectivity index (χ1n) is 8.29. The van der Waals surface area contributed by atoms with Gasteiger partial charge in [0.05, 0.1) is 0 Å². The van der Waals surface area contributed by atoms with Crippen LogP contribution in [-0.4, -0.2) is 22.7 Å². The van der Waals surface area contributed by atoms with E-state index in [-0.39, 0.29) is 15.8 Å². The Kier molecular flexibility index (Phi) is 5.55. The van der Waals surface area contributed by atoms with Gasteiger partial charge in [-0.2, -0.15) is 0 Å². The van der Waals surface area contributed by atoms with E-state index >= 15 is 0 Å². The number of primary amides is 1. The lowest BCUT2D eigenvalue weighted by molar-refractivity contribution is -0.118. The van der Waals surface area contributed by atoms with Crippen LogP contribution in [0.3, 0.4) is 0 Å². The molecule has 0 aliphatic heterocycles. The summed E-state index contributed by atoms with van der Waals surface area (Å²) in [5.74, 6) is -5.20. The van der Waals surface area contributed by atoms with E-state index in [2.05, 4.69) is 4.98 Å². The van der Waals surface area contributed by atoms with Crippen molar-refractivity contribution in [1.29, 1.82) is 0 Å². The molecule has 0 fully saturated rings. The summed E-state index contributed by atoms with van der Waals surface area (Å²) in [4.78, 5) is 29.4. The van der Waals surface area contributed by atoms with Crippen molar-refractivity contribution in [2.24, 2.45) is 5.73 Å². The number of carbonyl (C=O) groups excluding carboxylic acids is 2. The first-order valence-corrected chi connectivity index (χ1v) is 9.11. The number of carbonyl (C=O) groups is 2. The Morgan fingerprint density at radius 2 is 1.69 bits per heavy atom. The third kappa shape index (κ3) is 3.92. The van der Waals surface area contributed by atoms with E-state index in [0.717, 1.165) is 16.2 Å². The number of benzene rings is 2. The molecule has 0 spiro atoms. The van der Waals surface area contributed by atoms with Crippen LogP contribution < -0.4 is 16.4 Å². The molecular formula is C19H15F3N4O2S. The first-order chi connectivity index (χ1) is 13.7. The van der Waals surface area contributed by atoms with Crippen molar-refractivity contribution >= 4 is 39.7 Å². The van der Waals surface area contributed by atoms with Gasteiger partial charge in [-0.15, -0.1) is 0 Å². The van der Waals surface area contributed by atoms with Gasteiger partial charge in [-0.05, 0) is 6.92 Å². The van der Waals surface area contributed by atoms with E-state index in [9.17, 15) is 22.8 Å². The summed E-state index contributed by atoms with van der Waals surface area (Å²) in [5, 5.41) is -0.141. The van der Waals surface area contributed by atoms with Gasteiger partial charge in [0.25, 0.3) is 0 Å². The first kappa shape index (κ1) is 20.3. The van der Waals surface area contributed by atoms with Gasteiger partial charge in [0.15, 0.2) is 16.8 Å². The van der Waals surface area contributed by atoms with E-state index in [4.69, 9.17) is 11.5 Å². The van der Waals surface area contributed by atoms with Gasteiger partial charge in [0.2, 0.25) is 11.7 Å². The summed E-state index contributed by atoms with van der Waals surface area (Å²) in [6.45, 7) is 1.29. The van der Waals surface area contributed by atoms with E-state index in [1.807, 2.05) is 0 Å². The highest BCUT2D eigenvalue weighted by Gasteiger charge is 2.31. The number of rotatable bonds is 6. The van der Waals surface area contributed by atoms with Crippen LogP contribution in [0.1, 0.15) is 22.2 Å². The van der Waals surface area contributed by atoms with Gasteiger partial charge in [0.1, 0.15) is 28.2 Å². The lowest BCUT2D eigenvalue weighted by atomic mass is 10.1. The van der Waals surface area contributed by atoms with E-state index in [0.29, 0.717) is 17.7 Å². The topological polar surface area (TPSA) is 102 Å². The monoisotopic (exact) mass is 420 g/mol. The van der Waals surface area contributed by atoms with Crippen LogP contribution in [0.2, 0.25) is 0 Å². The Bertz CT molecular complexity index is 1070. The standard InChI is InChI=1S/C19H15F3N4O2S/c1-9(18(24)28)26(14-12(21)7-11(20)8-13(14)22)19-25-17(23)16(29-19)15(27)10-5-3-2-4-6-10/h2-9H,23H2,1H3,(H2,24,28)/t9-/m1/s1. The number of amides is 1. The highest BCUT2D eigenvalue weighted by Crippen LogP contribution is 2.38. The quantitative estimate of drug-likeness (QED) is 0.595. The van der Waals surface area contributed by atoms with Crippen molar-refractivity contribution in [1.82, 2.24) is 4.98 Å². The van der Waals surface area contributed by atoms with Crippen LogP contribution in [0.25, 0.3) is 0 Å². The normalized spacial score (nSPS) is 11.9. The van der Waals surface area contributed by atoms with Crippen molar-refractivity contribution in [3.63, 3.8) is 0 Å². The van der Waals surface area contributed by atoms with Gasteiger partial charge in [-0.25, -0.2) is 18.2 Å². The van der Waals surface area contributed by atoms with Crippen LogP contribution in [-0.2, 0) is 4.79 Å². The van der Waals surface area contributed by atoms with Crippen LogP contribution >= 0.6 is 11.3 Å². The average molecular weight is 420 g/mol. The van der Waals surface area contributed by atoms with Crippen molar-refractivity contribution < 1.29 is 22.8 Å².